The van der Waals surface area contributed by atoms with Gasteiger partial charge in [0.25, 0.3) is 0 Å². The van der Waals surface area contributed by atoms with Crippen molar-refractivity contribution >= 4 is 17.9 Å². The fraction of sp³-hybridized carbons (Fsp3) is 0.294. The van der Waals surface area contributed by atoms with Crippen LogP contribution in [0.5, 0.6) is 0 Å². The summed E-state index contributed by atoms with van der Waals surface area (Å²) in [6.45, 7) is 0. The molecule has 3 rings (SSSR count). The molecule has 0 fully saturated rings. The molecular weight excluding hydrogens is 360 g/mol. The van der Waals surface area contributed by atoms with E-state index in [4.69, 9.17) is 4.74 Å². The van der Waals surface area contributed by atoms with Gasteiger partial charge in [0.15, 0.2) is 0 Å². The molecule has 0 saturated heterocycles. The van der Waals surface area contributed by atoms with Crippen molar-refractivity contribution in [3.05, 3.63) is 40.3 Å². The minimum Gasteiger partial charge on any atom is -0.465 e. The van der Waals surface area contributed by atoms with Crippen LogP contribution in [0.1, 0.15) is 54.8 Å². The van der Waals surface area contributed by atoms with E-state index < -0.39 is 30.1 Å². The van der Waals surface area contributed by atoms with Crippen LogP contribution in [0.25, 0.3) is 11.3 Å². The molecule has 2 aromatic heterocycles. The first-order valence-corrected chi connectivity index (χ1v) is 7.73. The molecule has 2 atom stereocenters. The van der Waals surface area contributed by atoms with E-state index >= 15 is 0 Å². The second-order valence-corrected chi connectivity index (χ2v) is 5.69. The molecule has 0 saturated carbocycles. The summed E-state index contributed by atoms with van der Waals surface area (Å²) in [6, 6.07) is 2.47. The number of pyridine rings is 1. The van der Waals surface area contributed by atoms with Crippen LogP contribution in [-0.4, -0.2) is 59.4 Å². The number of aliphatic hydroxyl groups is 2. The van der Waals surface area contributed by atoms with Crippen molar-refractivity contribution < 1.29 is 38.8 Å². The molecule has 2 heterocycles. The summed E-state index contributed by atoms with van der Waals surface area (Å²) in [7, 11) is 3.47. The second-order valence-electron chi connectivity index (χ2n) is 5.69. The van der Waals surface area contributed by atoms with E-state index in [1.807, 2.05) is 0 Å². The van der Waals surface area contributed by atoms with Gasteiger partial charge in [-0.05, 0) is 12.1 Å². The Kier molecular flexibility index (Phi) is 4.68. The molecule has 0 radical (unpaired) electrons. The smallest absolute Gasteiger partial charge is 0.356 e. The lowest BCUT2D eigenvalue weighted by Gasteiger charge is -2.27. The minimum absolute atomic E-state index is 0.00876. The van der Waals surface area contributed by atoms with Crippen molar-refractivity contribution in [3.8, 4) is 11.3 Å². The average molecular weight is 376 g/mol. The summed E-state index contributed by atoms with van der Waals surface area (Å²) >= 11 is 0. The van der Waals surface area contributed by atoms with Crippen LogP contribution in [0, 0.1) is 0 Å². The van der Waals surface area contributed by atoms with Gasteiger partial charge in [-0.1, -0.05) is 0 Å². The molecule has 142 valence electrons. The summed E-state index contributed by atoms with van der Waals surface area (Å²) in [5.41, 5.74) is 0.0173. The van der Waals surface area contributed by atoms with E-state index in [1.165, 1.54) is 13.2 Å². The van der Waals surface area contributed by atoms with E-state index in [9.17, 15) is 24.6 Å². The maximum atomic E-state index is 12.3. The van der Waals surface area contributed by atoms with Crippen LogP contribution in [0.15, 0.2) is 12.1 Å². The summed E-state index contributed by atoms with van der Waals surface area (Å²) in [5.74, 6) is -2.34. The Morgan fingerprint density at radius 3 is 2.19 bits per heavy atom. The van der Waals surface area contributed by atoms with Gasteiger partial charge in [-0.2, -0.15) is 0 Å². The largest absolute Gasteiger partial charge is 0.465 e. The molecule has 0 amide bonds. The monoisotopic (exact) mass is 376 g/mol. The molecule has 0 aliphatic heterocycles. The van der Waals surface area contributed by atoms with E-state index in [0.29, 0.717) is 0 Å². The third-order valence-corrected chi connectivity index (χ3v) is 4.25. The van der Waals surface area contributed by atoms with Crippen LogP contribution in [0.2, 0.25) is 0 Å². The van der Waals surface area contributed by atoms with Crippen molar-refractivity contribution in [1.82, 2.24) is 9.97 Å². The van der Waals surface area contributed by atoms with Gasteiger partial charge in [0.05, 0.1) is 38.3 Å². The third kappa shape index (κ3) is 2.84. The number of carbonyl (C=O) groups is 3. The number of nitrogens with zero attached hydrogens (tertiary/aromatic N) is 1. The number of aromatic nitrogens is 2. The van der Waals surface area contributed by atoms with Crippen LogP contribution in [0.3, 0.4) is 0 Å². The summed E-state index contributed by atoms with van der Waals surface area (Å²) in [5, 5.41) is 20.9. The number of carbonyl (C=O) groups excluding carboxylic acids is 3. The Hall–Kier alpha value is -3.24. The predicted molar refractivity (Wildman–Crippen MR) is 88.0 cm³/mol. The number of hydrogen-bond acceptors (Lipinski definition) is 9. The fourth-order valence-electron chi connectivity index (χ4n) is 2.97. The fourth-order valence-corrected chi connectivity index (χ4v) is 2.97. The molecule has 2 unspecified atom stereocenters. The quantitative estimate of drug-likeness (QED) is 0.515. The third-order valence-electron chi connectivity index (χ3n) is 4.25. The predicted octanol–water partition coefficient (Wildman–Crippen LogP) is 0.517. The topological polar surface area (TPSA) is 148 Å². The summed E-state index contributed by atoms with van der Waals surface area (Å²) in [6.07, 6.45) is -3.00. The number of aliphatic hydroxyl groups excluding tert-OH is 2. The zero-order chi connectivity index (χ0) is 19.9. The number of fused-ring (bicyclic) bond motifs is 3. The van der Waals surface area contributed by atoms with Gasteiger partial charge in [-0.25, -0.2) is 19.4 Å². The highest BCUT2D eigenvalue weighted by Gasteiger charge is 2.38. The molecule has 3 N–H and O–H groups in total. The van der Waals surface area contributed by atoms with Gasteiger partial charge in [0, 0.05) is 11.1 Å². The number of nitrogens with one attached hydrogen (secondary N) is 1. The van der Waals surface area contributed by atoms with Crippen molar-refractivity contribution in [2.24, 2.45) is 0 Å². The zero-order valence-electron chi connectivity index (χ0n) is 14.6. The molecule has 0 bridgehead atoms. The lowest BCUT2D eigenvalue weighted by molar-refractivity contribution is 0.0127. The molecule has 10 heteroatoms. The highest BCUT2D eigenvalue weighted by molar-refractivity contribution is 6.01. The second kappa shape index (κ2) is 6.82. The standard InChI is InChI=1S/C17H16N2O8/c1-25-15(22)6-4-8(16(23)26-2)19-12-10(6)11-7(13(20)14(12)21)5-9(18-11)17(24)27-3/h4-5,13-14,18,20-21H,1-3H3. The van der Waals surface area contributed by atoms with E-state index in [1.54, 1.807) is 0 Å². The van der Waals surface area contributed by atoms with Crippen molar-refractivity contribution in [2.75, 3.05) is 21.3 Å². The van der Waals surface area contributed by atoms with E-state index in [0.717, 1.165) is 20.3 Å². The zero-order valence-corrected chi connectivity index (χ0v) is 14.6. The molecule has 10 nitrogen and oxygen atoms in total. The number of rotatable bonds is 3. The molecule has 0 aromatic carbocycles. The van der Waals surface area contributed by atoms with E-state index in [-0.39, 0.29) is 39.5 Å². The van der Waals surface area contributed by atoms with Gasteiger partial charge in [0.2, 0.25) is 0 Å². The summed E-state index contributed by atoms with van der Waals surface area (Å²) in [4.78, 5) is 42.8. The highest BCUT2D eigenvalue weighted by Crippen LogP contribution is 2.45. The Labute approximate surface area is 152 Å². The molecular formula is C17H16N2O8. The van der Waals surface area contributed by atoms with Crippen LogP contribution >= 0.6 is 0 Å². The number of hydrogen-bond donors (Lipinski definition) is 3. The summed E-state index contributed by atoms with van der Waals surface area (Å²) < 4.78 is 14.0. The van der Waals surface area contributed by atoms with Gasteiger partial charge in [-0.15, -0.1) is 0 Å². The Morgan fingerprint density at radius 1 is 0.963 bits per heavy atom. The Balaban J connectivity index is 2.33. The SMILES string of the molecule is COC(=O)c1cc(C(=O)OC)c2c(n1)C(O)C(O)c1cc(C(=O)OC)[nH]c1-2. The van der Waals surface area contributed by atoms with Gasteiger partial charge in [0.1, 0.15) is 23.6 Å². The molecule has 2 aromatic rings. The maximum absolute atomic E-state index is 12.3. The van der Waals surface area contributed by atoms with Crippen molar-refractivity contribution in [2.45, 2.75) is 12.2 Å². The number of ether oxygens (including phenoxy) is 3. The lowest BCUT2D eigenvalue weighted by Crippen LogP contribution is -2.22. The Bertz CT molecular complexity index is 949. The van der Waals surface area contributed by atoms with Gasteiger partial charge in [-0.3, -0.25) is 0 Å². The number of aromatic amines is 1. The molecule has 27 heavy (non-hydrogen) atoms. The lowest BCUT2D eigenvalue weighted by atomic mass is 9.86. The number of H-pyrrole nitrogens is 1. The minimum atomic E-state index is -1.55. The van der Waals surface area contributed by atoms with Crippen LogP contribution in [-0.2, 0) is 14.2 Å². The normalized spacial score (nSPS) is 17.5. The van der Waals surface area contributed by atoms with Gasteiger partial charge >= 0.3 is 17.9 Å². The molecule has 0 spiro atoms. The van der Waals surface area contributed by atoms with Crippen LogP contribution in [0.4, 0.5) is 0 Å². The first kappa shape index (κ1) is 18.5. The number of methoxy groups -OCH3 is 3. The average Bonchev–Trinajstić information content (AvgIpc) is 3.14. The van der Waals surface area contributed by atoms with Crippen LogP contribution < -0.4 is 0 Å². The number of esters is 3. The Morgan fingerprint density at radius 2 is 1.59 bits per heavy atom. The van der Waals surface area contributed by atoms with Crippen molar-refractivity contribution in [1.29, 1.82) is 0 Å². The maximum Gasteiger partial charge on any atom is 0.356 e. The first-order valence-electron chi connectivity index (χ1n) is 7.73. The highest BCUT2D eigenvalue weighted by atomic mass is 16.5. The first-order chi connectivity index (χ1) is 12.8. The van der Waals surface area contributed by atoms with Gasteiger partial charge < -0.3 is 29.4 Å². The van der Waals surface area contributed by atoms with E-state index in [2.05, 4.69) is 19.4 Å². The molecule has 1 aliphatic rings. The molecule has 1 aliphatic carbocycles. The van der Waals surface area contributed by atoms with Crippen molar-refractivity contribution in [3.63, 3.8) is 0 Å².